The van der Waals surface area contributed by atoms with Crippen LogP contribution < -0.4 is 4.74 Å². The van der Waals surface area contributed by atoms with E-state index in [1.807, 2.05) is 13.0 Å². The molecule has 0 saturated carbocycles. The fourth-order valence-electron chi connectivity index (χ4n) is 3.24. The van der Waals surface area contributed by atoms with E-state index in [2.05, 4.69) is 13.8 Å². The van der Waals surface area contributed by atoms with Gasteiger partial charge in [-0.15, -0.1) is 0 Å². The Morgan fingerprint density at radius 1 is 1.41 bits per heavy atom. The normalized spacial score (nSPS) is 23.9. The lowest BCUT2D eigenvalue weighted by atomic mass is 9.87. The summed E-state index contributed by atoms with van der Waals surface area (Å²) >= 11 is 0. The molecule has 0 spiro atoms. The molecule has 0 radical (unpaired) electrons. The van der Waals surface area contributed by atoms with Crippen molar-refractivity contribution in [2.45, 2.75) is 46.1 Å². The predicted octanol–water partition coefficient (Wildman–Crippen LogP) is 3.56. The minimum absolute atomic E-state index is 0.0290. The first-order chi connectivity index (χ1) is 10.4. The van der Waals surface area contributed by atoms with Gasteiger partial charge in [0, 0.05) is 0 Å². The van der Waals surface area contributed by atoms with Crippen molar-refractivity contribution >= 4 is 5.97 Å². The molecule has 2 rings (SSSR count). The second-order valence-corrected chi connectivity index (χ2v) is 6.64. The van der Waals surface area contributed by atoms with Gasteiger partial charge in [0.1, 0.15) is 6.10 Å². The van der Waals surface area contributed by atoms with E-state index in [1.54, 1.807) is 19.2 Å². The van der Waals surface area contributed by atoms with Gasteiger partial charge in [-0.05, 0) is 48.8 Å². The number of ether oxygens (including phenoxy) is 2. The standard InChI is InChI=1S/C18H26O4/c1-11(7-12(2)17-9-13(3)18(20)22-17)8-14-5-6-16(21-4)15(19)10-14/h5-6,10-13,17,19H,7-9H2,1-4H3/t11?,12-,13-,17+/m1/s1. The molecule has 4 nitrogen and oxygen atoms in total. The molecule has 1 N–H and O–H groups in total. The van der Waals surface area contributed by atoms with Crippen molar-refractivity contribution in [3.05, 3.63) is 23.8 Å². The van der Waals surface area contributed by atoms with E-state index in [4.69, 9.17) is 9.47 Å². The number of benzene rings is 1. The Morgan fingerprint density at radius 2 is 2.14 bits per heavy atom. The monoisotopic (exact) mass is 306 g/mol. The smallest absolute Gasteiger partial charge is 0.309 e. The predicted molar refractivity (Wildman–Crippen MR) is 85.0 cm³/mol. The number of carbonyl (C=O) groups excluding carboxylic acids is 1. The van der Waals surface area contributed by atoms with Gasteiger partial charge in [-0.3, -0.25) is 4.79 Å². The molecule has 22 heavy (non-hydrogen) atoms. The molecule has 1 unspecified atom stereocenters. The van der Waals surface area contributed by atoms with Crippen LogP contribution in [0.25, 0.3) is 0 Å². The van der Waals surface area contributed by atoms with E-state index < -0.39 is 0 Å². The third kappa shape index (κ3) is 3.93. The van der Waals surface area contributed by atoms with Gasteiger partial charge in [0.05, 0.1) is 13.0 Å². The third-order valence-corrected chi connectivity index (χ3v) is 4.49. The maximum Gasteiger partial charge on any atom is 0.309 e. The summed E-state index contributed by atoms with van der Waals surface area (Å²) in [5.74, 6) is 1.45. The fraction of sp³-hybridized carbons (Fsp3) is 0.611. The lowest BCUT2D eigenvalue weighted by Crippen LogP contribution is -2.20. The van der Waals surface area contributed by atoms with Crippen LogP contribution in [0.5, 0.6) is 11.5 Å². The van der Waals surface area contributed by atoms with E-state index in [9.17, 15) is 9.90 Å². The van der Waals surface area contributed by atoms with Crippen molar-refractivity contribution in [1.82, 2.24) is 0 Å². The minimum Gasteiger partial charge on any atom is -0.504 e. The molecule has 0 aromatic heterocycles. The van der Waals surface area contributed by atoms with Crippen LogP contribution in [-0.4, -0.2) is 24.3 Å². The van der Waals surface area contributed by atoms with Crippen molar-refractivity contribution in [2.75, 3.05) is 7.11 Å². The van der Waals surface area contributed by atoms with Gasteiger partial charge in [0.15, 0.2) is 11.5 Å². The van der Waals surface area contributed by atoms with Gasteiger partial charge >= 0.3 is 5.97 Å². The van der Waals surface area contributed by atoms with Crippen LogP contribution in [0.1, 0.15) is 39.2 Å². The Morgan fingerprint density at radius 3 is 2.68 bits per heavy atom. The highest BCUT2D eigenvalue weighted by Crippen LogP contribution is 2.31. The van der Waals surface area contributed by atoms with Crippen LogP contribution in [0.15, 0.2) is 18.2 Å². The fourth-order valence-corrected chi connectivity index (χ4v) is 3.24. The summed E-state index contributed by atoms with van der Waals surface area (Å²) in [4.78, 5) is 11.5. The van der Waals surface area contributed by atoms with E-state index in [1.165, 1.54) is 0 Å². The Hall–Kier alpha value is -1.71. The number of phenols is 1. The summed E-state index contributed by atoms with van der Waals surface area (Å²) in [7, 11) is 1.54. The molecule has 122 valence electrons. The number of cyclic esters (lactones) is 1. The van der Waals surface area contributed by atoms with E-state index in [-0.39, 0.29) is 23.7 Å². The molecule has 1 saturated heterocycles. The largest absolute Gasteiger partial charge is 0.504 e. The molecule has 0 bridgehead atoms. The zero-order valence-corrected chi connectivity index (χ0v) is 13.8. The summed E-state index contributed by atoms with van der Waals surface area (Å²) in [6.07, 6.45) is 2.76. The Labute approximate surface area is 132 Å². The SMILES string of the molecule is COc1ccc(CC(C)C[C@@H](C)[C@@H]2C[C@@H](C)C(=O)O2)cc1O. The van der Waals surface area contributed by atoms with Crippen molar-refractivity contribution < 1.29 is 19.4 Å². The number of aromatic hydroxyl groups is 1. The van der Waals surface area contributed by atoms with Crippen molar-refractivity contribution in [3.8, 4) is 11.5 Å². The number of carbonyl (C=O) groups is 1. The number of phenolic OH excluding ortho intramolecular Hbond substituents is 1. The van der Waals surface area contributed by atoms with Crippen LogP contribution in [0.2, 0.25) is 0 Å². The molecule has 0 amide bonds. The van der Waals surface area contributed by atoms with Crippen molar-refractivity contribution in [1.29, 1.82) is 0 Å². The maximum atomic E-state index is 11.5. The van der Waals surface area contributed by atoms with Gasteiger partial charge < -0.3 is 14.6 Å². The summed E-state index contributed by atoms with van der Waals surface area (Å²) in [5.41, 5.74) is 1.09. The van der Waals surface area contributed by atoms with E-state index >= 15 is 0 Å². The van der Waals surface area contributed by atoms with Gasteiger partial charge in [-0.1, -0.05) is 26.8 Å². The van der Waals surface area contributed by atoms with Crippen LogP contribution in [0, 0.1) is 17.8 Å². The number of methoxy groups -OCH3 is 1. The number of hydrogen-bond acceptors (Lipinski definition) is 4. The summed E-state index contributed by atoms with van der Waals surface area (Å²) in [6.45, 7) is 6.27. The average molecular weight is 306 g/mol. The molecular weight excluding hydrogens is 280 g/mol. The second-order valence-electron chi connectivity index (χ2n) is 6.64. The number of rotatable bonds is 6. The Balaban J connectivity index is 1.88. The molecule has 1 aromatic carbocycles. The Kier molecular flexibility index (Phi) is 5.33. The quantitative estimate of drug-likeness (QED) is 0.817. The highest BCUT2D eigenvalue weighted by atomic mass is 16.6. The maximum absolute atomic E-state index is 11.5. The second kappa shape index (κ2) is 7.03. The van der Waals surface area contributed by atoms with Crippen molar-refractivity contribution in [3.63, 3.8) is 0 Å². The molecule has 1 heterocycles. The highest BCUT2D eigenvalue weighted by Gasteiger charge is 2.34. The summed E-state index contributed by atoms with van der Waals surface area (Å²) in [6, 6.07) is 5.54. The molecule has 4 atom stereocenters. The first-order valence-electron chi connectivity index (χ1n) is 7.97. The molecule has 4 heteroatoms. The van der Waals surface area contributed by atoms with Crippen LogP contribution in [0.3, 0.4) is 0 Å². The number of hydrogen-bond donors (Lipinski definition) is 1. The molecule has 1 aromatic rings. The van der Waals surface area contributed by atoms with Gasteiger partial charge in [0.25, 0.3) is 0 Å². The topological polar surface area (TPSA) is 55.8 Å². The molecule has 1 aliphatic heterocycles. The lowest BCUT2D eigenvalue weighted by Gasteiger charge is -2.22. The van der Waals surface area contributed by atoms with Crippen LogP contribution >= 0.6 is 0 Å². The zero-order valence-electron chi connectivity index (χ0n) is 13.8. The lowest BCUT2D eigenvalue weighted by molar-refractivity contribution is -0.145. The van der Waals surface area contributed by atoms with Gasteiger partial charge in [-0.25, -0.2) is 0 Å². The van der Waals surface area contributed by atoms with Crippen molar-refractivity contribution in [2.24, 2.45) is 17.8 Å². The van der Waals surface area contributed by atoms with Crippen LogP contribution in [-0.2, 0) is 16.0 Å². The third-order valence-electron chi connectivity index (χ3n) is 4.49. The number of esters is 1. The van der Waals surface area contributed by atoms with E-state index in [0.717, 1.165) is 24.8 Å². The summed E-state index contributed by atoms with van der Waals surface area (Å²) < 4.78 is 10.5. The highest BCUT2D eigenvalue weighted by molar-refractivity contribution is 5.74. The molecule has 1 aliphatic rings. The molecule has 0 aliphatic carbocycles. The zero-order chi connectivity index (χ0) is 16.3. The summed E-state index contributed by atoms with van der Waals surface area (Å²) in [5, 5.41) is 9.83. The first-order valence-corrected chi connectivity index (χ1v) is 7.97. The molecular formula is C18H26O4. The van der Waals surface area contributed by atoms with Gasteiger partial charge in [0.2, 0.25) is 0 Å². The first kappa shape index (κ1) is 16.7. The Bertz CT molecular complexity index is 526. The minimum atomic E-state index is -0.0652. The average Bonchev–Trinajstić information content (AvgIpc) is 2.79. The van der Waals surface area contributed by atoms with Crippen LogP contribution in [0.4, 0.5) is 0 Å². The van der Waals surface area contributed by atoms with Gasteiger partial charge in [-0.2, -0.15) is 0 Å². The molecule has 1 fully saturated rings. The van der Waals surface area contributed by atoms with E-state index in [0.29, 0.717) is 17.6 Å².